The molecule has 0 spiro atoms. The van der Waals surface area contributed by atoms with Gasteiger partial charge in [0.1, 0.15) is 29.8 Å². The molecule has 0 radical (unpaired) electrons. The van der Waals surface area contributed by atoms with E-state index < -0.39 is 11.7 Å². The van der Waals surface area contributed by atoms with Crippen LogP contribution in [-0.4, -0.2) is 84.9 Å². The van der Waals surface area contributed by atoms with Crippen molar-refractivity contribution in [2.45, 2.75) is 11.7 Å². The number of aliphatic hydroxyl groups excluding tert-OH is 1. The van der Waals surface area contributed by atoms with Crippen LogP contribution in [0, 0.1) is 12.3 Å². The van der Waals surface area contributed by atoms with Crippen molar-refractivity contribution in [1.82, 2.24) is 0 Å². The van der Waals surface area contributed by atoms with E-state index in [0.717, 1.165) is 28.2 Å². The first-order chi connectivity index (χ1) is 20.2. The summed E-state index contributed by atoms with van der Waals surface area (Å²) in [6.45, 7) is 2.61. The van der Waals surface area contributed by atoms with Gasteiger partial charge in [-0.3, -0.25) is 0 Å². The van der Waals surface area contributed by atoms with Gasteiger partial charge in [0.15, 0.2) is 0 Å². The van der Waals surface area contributed by atoms with E-state index in [1.165, 1.54) is 0 Å². The van der Waals surface area contributed by atoms with E-state index in [1.807, 2.05) is 78.9 Å². The van der Waals surface area contributed by atoms with Crippen molar-refractivity contribution >= 4 is 0 Å². The first-order valence-electron chi connectivity index (χ1n) is 13.6. The van der Waals surface area contributed by atoms with E-state index in [0.29, 0.717) is 39.6 Å². The number of ether oxygens (including phenoxy) is 7. The van der Waals surface area contributed by atoms with E-state index in [2.05, 4.69) is 5.92 Å². The Kier molecular flexibility index (Phi) is 14.2. The van der Waals surface area contributed by atoms with Crippen LogP contribution in [0.15, 0.2) is 78.9 Å². The molecule has 1 atom stereocenters. The largest absolute Gasteiger partial charge is 0.497 e. The molecular formula is C33H40O8. The van der Waals surface area contributed by atoms with Crippen molar-refractivity contribution in [2.24, 2.45) is 0 Å². The van der Waals surface area contributed by atoms with E-state index in [4.69, 9.17) is 39.6 Å². The van der Waals surface area contributed by atoms with Gasteiger partial charge in [0.25, 0.3) is 0 Å². The molecule has 0 saturated heterocycles. The van der Waals surface area contributed by atoms with Gasteiger partial charge in [0.05, 0.1) is 67.1 Å². The Bertz CT molecular complexity index is 1100. The average molecular weight is 565 g/mol. The van der Waals surface area contributed by atoms with Crippen LogP contribution < -0.4 is 9.47 Å². The fraction of sp³-hybridized carbons (Fsp3) is 0.394. The molecule has 41 heavy (non-hydrogen) atoms. The Balaban J connectivity index is 1.70. The topological polar surface area (TPSA) is 84.8 Å². The maximum atomic E-state index is 10.1. The quantitative estimate of drug-likeness (QED) is 0.125. The molecule has 3 rings (SSSR count). The van der Waals surface area contributed by atoms with Crippen molar-refractivity contribution < 1.29 is 38.3 Å². The van der Waals surface area contributed by atoms with Gasteiger partial charge in [-0.25, -0.2) is 0 Å². The molecule has 0 heterocycles. The van der Waals surface area contributed by atoms with Gasteiger partial charge in [-0.15, -0.1) is 6.42 Å². The van der Waals surface area contributed by atoms with Crippen LogP contribution in [0.3, 0.4) is 0 Å². The average Bonchev–Trinajstić information content (AvgIpc) is 3.03. The zero-order chi connectivity index (χ0) is 29.2. The van der Waals surface area contributed by atoms with Crippen molar-refractivity contribution in [3.05, 3.63) is 95.6 Å². The maximum absolute atomic E-state index is 10.1. The third-order valence-corrected chi connectivity index (χ3v) is 6.37. The third kappa shape index (κ3) is 9.58. The lowest BCUT2D eigenvalue weighted by molar-refractivity contribution is -0.0915. The molecule has 3 aromatic carbocycles. The SMILES string of the molecule is C#CCOCCOCCOCCO[C@H](CO)COC(c1ccccc1)(c1ccc(OC)cc1)c1ccc(OC)cc1. The Hall–Kier alpha value is -3.42. The zero-order valence-electron chi connectivity index (χ0n) is 23.8. The number of hydrogen-bond acceptors (Lipinski definition) is 8. The van der Waals surface area contributed by atoms with Crippen molar-refractivity contribution in [2.75, 3.05) is 73.7 Å². The lowest BCUT2D eigenvalue weighted by atomic mass is 9.80. The number of aliphatic hydroxyl groups is 1. The highest BCUT2D eigenvalue weighted by atomic mass is 16.6. The van der Waals surface area contributed by atoms with E-state index in [9.17, 15) is 5.11 Å². The number of rotatable bonds is 20. The van der Waals surface area contributed by atoms with Crippen LogP contribution in [0.1, 0.15) is 16.7 Å². The molecule has 0 unspecified atom stereocenters. The molecule has 1 N–H and O–H groups in total. The van der Waals surface area contributed by atoms with Gasteiger partial charge in [0.2, 0.25) is 0 Å². The van der Waals surface area contributed by atoms with Gasteiger partial charge in [-0.2, -0.15) is 0 Å². The molecule has 0 bridgehead atoms. The van der Waals surface area contributed by atoms with Gasteiger partial charge in [0, 0.05) is 0 Å². The van der Waals surface area contributed by atoms with Crippen LogP contribution in [-0.2, 0) is 29.3 Å². The summed E-state index contributed by atoms with van der Waals surface area (Å²) < 4.78 is 39.7. The minimum atomic E-state index is -0.992. The Morgan fingerprint density at radius 1 is 0.683 bits per heavy atom. The minimum absolute atomic E-state index is 0.129. The smallest absolute Gasteiger partial charge is 0.143 e. The Morgan fingerprint density at radius 3 is 1.66 bits per heavy atom. The molecule has 0 aliphatic rings. The molecule has 8 heteroatoms. The second-order valence-electron chi connectivity index (χ2n) is 8.97. The van der Waals surface area contributed by atoms with Crippen molar-refractivity contribution in [3.8, 4) is 23.8 Å². The summed E-state index contributed by atoms with van der Waals surface area (Å²) in [5, 5.41) is 10.1. The molecule has 220 valence electrons. The lowest BCUT2D eigenvalue weighted by Crippen LogP contribution is -2.37. The summed E-state index contributed by atoms with van der Waals surface area (Å²) in [4.78, 5) is 0. The highest BCUT2D eigenvalue weighted by molar-refractivity contribution is 5.49. The molecule has 0 aliphatic carbocycles. The Labute approximate surface area is 243 Å². The van der Waals surface area contributed by atoms with E-state index in [1.54, 1.807) is 14.2 Å². The van der Waals surface area contributed by atoms with Gasteiger partial charge in [-0.05, 0) is 41.0 Å². The molecule has 8 nitrogen and oxygen atoms in total. The van der Waals surface area contributed by atoms with Crippen molar-refractivity contribution in [1.29, 1.82) is 0 Å². The summed E-state index contributed by atoms with van der Waals surface area (Å²) in [6.07, 6.45) is 4.56. The maximum Gasteiger partial charge on any atom is 0.143 e. The monoisotopic (exact) mass is 564 g/mol. The highest BCUT2D eigenvalue weighted by Gasteiger charge is 2.38. The van der Waals surface area contributed by atoms with Gasteiger partial charge >= 0.3 is 0 Å². The number of benzene rings is 3. The first kappa shape index (κ1) is 32.1. The molecule has 0 saturated carbocycles. The number of terminal acetylenes is 1. The van der Waals surface area contributed by atoms with Crippen LogP contribution in [0.4, 0.5) is 0 Å². The third-order valence-electron chi connectivity index (χ3n) is 6.37. The standard InChI is InChI=1S/C33H40O8/c1-4-18-37-19-20-38-21-22-39-23-24-40-32(25-34)26-41-33(27-8-6-5-7-9-27,28-10-14-30(35-2)15-11-28)29-12-16-31(36-3)17-13-29/h1,5-17,32,34H,18-26H2,2-3H3/t32-/m1/s1. The highest BCUT2D eigenvalue weighted by Crippen LogP contribution is 2.41. The lowest BCUT2D eigenvalue weighted by Gasteiger charge is -2.37. The minimum Gasteiger partial charge on any atom is -0.497 e. The molecule has 0 aromatic heterocycles. The number of hydrogen-bond donors (Lipinski definition) is 1. The second kappa shape index (κ2) is 18.1. The molecular weight excluding hydrogens is 524 g/mol. The summed E-state index contributed by atoms with van der Waals surface area (Å²) in [6, 6.07) is 25.6. The van der Waals surface area contributed by atoms with Crippen molar-refractivity contribution in [3.63, 3.8) is 0 Å². The second-order valence-corrected chi connectivity index (χ2v) is 8.97. The summed E-state index contributed by atoms with van der Waals surface area (Å²) in [7, 11) is 3.27. The summed E-state index contributed by atoms with van der Waals surface area (Å²) in [5.74, 6) is 3.89. The molecule has 0 amide bonds. The summed E-state index contributed by atoms with van der Waals surface area (Å²) >= 11 is 0. The molecule has 0 aliphatic heterocycles. The molecule has 0 fully saturated rings. The molecule has 3 aromatic rings. The predicted molar refractivity (Wildman–Crippen MR) is 156 cm³/mol. The fourth-order valence-corrected chi connectivity index (χ4v) is 4.29. The van der Waals surface area contributed by atoms with Crippen LogP contribution in [0.5, 0.6) is 11.5 Å². The van der Waals surface area contributed by atoms with Crippen LogP contribution in [0.25, 0.3) is 0 Å². The van der Waals surface area contributed by atoms with E-state index >= 15 is 0 Å². The fourth-order valence-electron chi connectivity index (χ4n) is 4.29. The van der Waals surface area contributed by atoms with Crippen LogP contribution >= 0.6 is 0 Å². The van der Waals surface area contributed by atoms with Crippen LogP contribution in [0.2, 0.25) is 0 Å². The number of methoxy groups -OCH3 is 2. The van der Waals surface area contributed by atoms with Gasteiger partial charge < -0.3 is 38.3 Å². The Morgan fingerprint density at radius 2 is 1.17 bits per heavy atom. The van der Waals surface area contributed by atoms with E-state index in [-0.39, 0.29) is 19.8 Å². The predicted octanol–water partition coefficient (Wildman–Crippen LogP) is 4.07. The van der Waals surface area contributed by atoms with Gasteiger partial charge in [-0.1, -0.05) is 60.5 Å². The zero-order valence-corrected chi connectivity index (χ0v) is 23.8. The first-order valence-corrected chi connectivity index (χ1v) is 13.6. The normalized spacial score (nSPS) is 12.0. The summed E-state index contributed by atoms with van der Waals surface area (Å²) in [5.41, 5.74) is 1.74.